The third kappa shape index (κ3) is 4.40. The van der Waals surface area contributed by atoms with E-state index in [4.69, 9.17) is 5.11 Å². The molecule has 1 rings (SSSR count). The Kier molecular flexibility index (Phi) is 6.32. The summed E-state index contributed by atoms with van der Waals surface area (Å²) in [4.78, 5) is 24.4. The Morgan fingerprint density at radius 1 is 1.44 bits per heavy atom. The summed E-state index contributed by atoms with van der Waals surface area (Å²) < 4.78 is 0. The smallest absolute Gasteiger partial charge is 0.317 e. The molecule has 2 N–H and O–H groups in total. The maximum Gasteiger partial charge on any atom is 0.317 e. The summed E-state index contributed by atoms with van der Waals surface area (Å²) in [6.07, 6.45) is 4.57. The molecule has 0 aromatic heterocycles. The number of urea groups is 1. The van der Waals surface area contributed by atoms with Gasteiger partial charge in [-0.25, -0.2) is 4.79 Å². The Morgan fingerprint density at radius 3 is 2.78 bits per heavy atom. The number of amides is 2. The molecular formula is C12H22N2O3S. The van der Waals surface area contributed by atoms with Gasteiger partial charge in [0.2, 0.25) is 0 Å². The van der Waals surface area contributed by atoms with Gasteiger partial charge in [0.1, 0.15) is 0 Å². The molecule has 1 aliphatic carbocycles. The van der Waals surface area contributed by atoms with Gasteiger partial charge in [0.05, 0.1) is 5.92 Å². The number of thioether (sulfide) groups is 1. The van der Waals surface area contributed by atoms with Crippen LogP contribution < -0.4 is 5.32 Å². The van der Waals surface area contributed by atoms with Crippen molar-refractivity contribution in [2.24, 2.45) is 11.8 Å². The highest BCUT2D eigenvalue weighted by atomic mass is 32.2. The van der Waals surface area contributed by atoms with E-state index in [9.17, 15) is 9.59 Å². The van der Waals surface area contributed by atoms with Gasteiger partial charge in [-0.1, -0.05) is 6.42 Å². The Labute approximate surface area is 112 Å². The number of hydrogen-bond acceptors (Lipinski definition) is 3. The summed E-state index contributed by atoms with van der Waals surface area (Å²) >= 11 is 1.70. The lowest BCUT2D eigenvalue weighted by Gasteiger charge is -2.21. The third-order valence-corrected chi connectivity index (χ3v) is 4.06. The molecule has 0 aromatic rings. The van der Waals surface area contributed by atoms with Crippen LogP contribution in [0.5, 0.6) is 0 Å². The maximum atomic E-state index is 11.7. The molecule has 1 fully saturated rings. The lowest BCUT2D eigenvalue weighted by Crippen LogP contribution is -2.41. The molecule has 104 valence electrons. The lowest BCUT2D eigenvalue weighted by molar-refractivity contribution is -0.142. The molecule has 0 bridgehead atoms. The molecule has 2 atom stereocenters. The molecule has 0 aromatic carbocycles. The van der Waals surface area contributed by atoms with Gasteiger partial charge in [-0.05, 0) is 25.0 Å². The van der Waals surface area contributed by atoms with E-state index in [1.54, 1.807) is 23.7 Å². The van der Waals surface area contributed by atoms with Crippen molar-refractivity contribution in [3.63, 3.8) is 0 Å². The van der Waals surface area contributed by atoms with E-state index in [1.165, 1.54) is 0 Å². The summed E-state index contributed by atoms with van der Waals surface area (Å²) in [6, 6.07) is -0.111. The zero-order chi connectivity index (χ0) is 13.5. The van der Waals surface area contributed by atoms with Crippen molar-refractivity contribution in [2.45, 2.75) is 19.3 Å². The number of nitrogens with zero attached hydrogens (tertiary/aromatic N) is 1. The molecule has 1 aliphatic rings. The first-order chi connectivity index (χ1) is 8.56. The SMILES string of the molecule is CSCCN(C)C(=O)NCC1CCCC1C(=O)O. The van der Waals surface area contributed by atoms with Crippen molar-refractivity contribution >= 4 is 23.8 Å². The normalized spacial score (nSPS) is 22.8. The minimum Gasteiger partial charge on any atom is -0.481 e. The van der Waals surface area contributed by atoms with Crippen LogP contribution in [-0.4, -0.2) is 54.2 Å². The van der Waals surface area contributed by atoms with Gasteiger partial charge >= 0.3 is 12.0 Å². The predicted molar refractivity (Wildman–Crippen MR) is 72.9 cm³/mol. The number of carbonyl (C=O) groups excluding carboxylic acids is 1. The first-order valence-electron chi connectivity index (χ1n) is 6.27. The van der Waals surface area contributed by atoms with Crippen molar-refractivity contribution in [3.05, 3.63) is 0 Å². The lowest BCUT2D eigenvalue weighted by atomic mass is 9.96. The molecule has 2 unspecified atom stereocenters. The minimum atomic E-state index is -0.734. The van der Waals surface area contributed by atoms with Gasteiger partial charge in [-0.15, -0.1) is 0 Å². The fraction of sp³-hybridized carbons (Fsp3) is 0.833. The van der Waals surface area contributed by atoms with Crippen molar-refractivity contribution in [2.75, 3.05) is 32.1 Å². The van der Waals surface area contributed by atoms with Crippen LogP contribution in [0.3, 0.4) is 0 Å². The molecule has 1 saturated carbocycles. The molecular weight excluding hydrogens is 252 g/mol. The van der Waals surface area contributed by atoms with E-state index < -0.39 is 5.97 Å². The summed E-state index contributed by atoms with van der Waals surface area (Å²) in [6.45, 7) is 1.18. The van der Waals surface area contributed by atoms with Crippen molar-refractivity contribution in [1.29, 1.82) is 0 Å². The Morgan fingerprint density at radius 2 is 2.17 bits per heavy atom. The highest BCUT2D eigenvalue weighted by Crippen LogP contribution is 2.31. The fourth-order valence-corrected chi connectivity index (χ4v) is 2.75. The van der Waals surface area contributed by atoms with Crippen molar-refractivity contribution < 1.29 is 14.7 Å². The second-order valence-corrected chi connectivity index (χ2v) is 5.72. The first-order valence-corrected chi connectivity index (χ1v) is 7.66. The number of hydrogen-bond donors (Lipinski definition) is 2. The van der Waals surface area contributed by atoms with Crippen LogP contribution in [-0.2, 0) is 4.79 Å². The number of nitrogens with one attached hydrogen (secondary N) is 1. The highest BCUT2D eigenvalue weighted by molar-refractivity contribution is 7.98. The Balaban J connectivity index is 2.31. The summed E-state index contributed by atoms with van der Waals surface area (Å²) in [5.74, 6) is -0.0323. The van der Waals surface area contributed by atoms with Crippen LogP contribution in [0.25, 0.3) is 0 Å². The predicted octanol–water partition coefficient (Wildman–Crippen LogP) is 1.49. The van der Waals surface area contributed by atoms with Crippen LogP contribution >= 0.6 is 11.8 Å². The third-order valence-electron chi connectivity index (χ3n) is 3.47. The van der Waals surface area contributed by atoms with Gasteiger partial charge in [-0.3, -0.25) is 4.79 Å². The van der Waals surface area contributed by atoms with Crippen LogP contribution in [0.4, 0.5) is 4.79 Å². The maximum absolute atomic E-state index is 11.7. The van der Waals surface area contributed by atoms with Crippen LogP contribution in [0, 0.1) is 11.8 Å². The first kappa shape index (κ1) is 15.1. The van der Waals surface area contributed by atoms with Gasteiger partial charge < -0.3 is 15.3 Å². The summed E-state index contributed by atoms with van der Waals surface area (Å²) in [5, 5.41) is 11.9. The average Bonchev–Trinajstić information content (AvgIpc) is 2.81. The molecule has 0 aliphatic heterocycles. The van der Waals surface area contributed by atoms with Gasteiger partial charge in [0.25, 0.3) is 0 Å². The van der Waals surface area contributed by atoms with E-state index in [1.807, 2.05) is 6.26 Å². The van der Waals surface area contributed by atoms with Crippen molar-refractivity contribution in [3.8, 4) is 0 Å². The summed E-state index contributed by atoms with van der Waals surface area (Å²) in [5.41, 5.74) is 0. The van der Waals surface area contributed by atoms with E-state index in [0.29, 0.717) is 13.1 Å². The van der Waals surface area contributed by atoms with Crippen LogP contribution in [0.15, 0.2) is 0 Å². The average molecular weight is 274 g/mol. The zero-order valence-corrected chi connectivity index (χ0v) is 11.8. The minimum absolute atomic E-state index is 0.0837. The topological polar surface area (TPSA) is 69.6 Å². The van der Waals surface area contributed by atoms with Gasteiger partial charge in [-0.2, -0.15) is 11.8 Å². The molecule has 18 heavy (non-hydrogen) atoms. The molecule has 0 saturated heterocycles. The second-order valence-electron chi connectivity index (χ2n) is 4.74. The van der Waals surface area contributed by atoms with Crippen molar-refractivity contribution in [1.82, 2.24) is 10.2 Å². The van der Waals surface area contributed by atoms with Gasteiger partial charge in [0, 0.05) is 25.9 Å². The molecule has 2 amide bonds. The Bertz CT molecular complexity index is 299. The number of carboxylic acid groups (broad SMARTS) is 1. The fourth-order valence-electron chi connectivity index (χ4n) is 2.29. The number of rotatable bonds is 6. The monoisotopic (exact) mass is 274 g/mol. The highest BCUT2D eigenvalue weighted by Gasteiger charge is 2.32. The standard InChI is InChI=1S/C12H22N2O3S/c1-14(6-7-18-2)12(17)13-8-9-4-3-5-10(9)11(15)16/h9-10H,3-8H2,1-2H3,(H,13,17)(H,15,16). The molecule has 0 heterocycles. The van der Waals surface area contributed by atoms with Crippen LogP contribution in [0.1, 0.15) is 19.3 Å². The van der Waals surface area contributed by atoms with Gasteiger partial charge in [0.15, 0.2) is 0 Å². The number of carboxylic acids is 1. The quantitative estimate of drug-likeness (QED) is 0.770. The zero-order valence-electron chi connectivity index (χ0n) is 11.0. The van der Waals surface area contributed by atoms with E-state index in [2.05, 4.69) is 5.32 Å². The van der Waals surface area contributed by atoms with E-state index in [0.717, 1.165) is 25.0 Å². The summed E-state index contributed by atoms with van der Waals surface area (Å²) in [7, 11) is 1.76. The molecule has 6 heteroatoms. The van der Waals surface area contributed by atoms with E-state index >= 15 is 0 Å². The number of carbonyl (C=O) groups is 2. The molecule has 0 radical (unpaired) electrons. The largest absolute Gasteiger partial charge is 0.481 e. The van der Waals surface area contributed by atoms with Crippen LogP contribution in [0.2, 0.25) is 0 Å². The van der Waals surface area contributed by atoms with E-state index in [-0.39, 0.29) is 17.9 Å². The Hall–Kier alpha value is -0.910. The number of aliphatic carboxylic acids is 1. The second kappa shape index (κ2) is 7.51. The molecule has 5 nitrogen and oxygen atoms in total. The molecule has 0 spiro atoms.